The van der Waals surface area contributed by atoms with Crippen molar-refractivity contribution in [1.29, 1.82) is 0 Å². The van der Waals surface area contributed by atoms with Crippen LogP contribution in [0.4, 0.5) is 4.39 Å². The fourth-order valence-electron chi connectivity index (χ4n) is 2.10. The van der Waals surface area contributed by atoms with E-state index >= 15 is 0 Å². The molecule has 0 aliphatic carbocycles. The largest absolute Gasteiger partial charge is 0.497 e. The molecule has 0 N–H and O–H groups in total. The summed E-state index contributed by atoms with van der Waals surface area (Å²) in [5.74, 6) is 1.73. The molecule has 0 unspecified atom stereocenters. The average molecular weight is 330 g/mol. The molecular formula is C17H15FN2O2S. The van der Waals surface area contributed by atoms with E-state index in [1.807, 2.05) is 30.3 Å². The number of rotatable bonds is 6. The Hall–Kier alpha value is -2.34. The van der Waals surface area contributed by atoms with E-state index in [4.69, 9.17) is 9.15 Å². The molecule has 0 aliphatic rings. The zero-order valence-corrected chi connectivity index (χ0v) is 13.3. The van der Waals surface area contributed by atoms with Crippen LogP contribution in [-0.4, -0.2) is 17.3 Å². The molecule has 0 radical (unpaired) electrons. The second-order valence-corrected chi connectivity index (χ2v) is 5.84. The van der Waals surface area contributed by atoms with Crippen molar-refractivity contribution in [2.75, 3.05) is 7.11 Å². The molecular weight excluding hydrogens is 315 g/mol. The minimum atomic E-state index is -0.269. The molecule has 0 fully saturated rings. The van der Waals surface area contributed by atoms with Gasteiger partial charge in [-0.05, 0) is 35.4 Å². The van der Waals surface area contributed by atoms with Gasteiger partial charge < -0.3 is 9.15 Å². The summed E-state index contributed by atoms with van der Waals surface area (Å²) in [5, 5.41) is 8.52. The maximum atomic E-state index is 13.2. The van der Waals surface area contributed by atoms with E-state index in [-0.39, 0.29) is 5.82 Å². The Kier molecular flexibility index (Phi) is 4.92. The first-order valence-corrected chi connectivity index (χ1v) is 8.04. The lowest BCUT2D eigenvalue weighted by molar-refractivity contribution is 0.414. The summed E-state index contributed by atoms with van der Waals surface area (Å²) in [6.07, 6.45) is 0.421. The van der Waals surface area contributed by atoms with Crippen LogP contribution in [-0.2, 0) is 12.2 Å². The number of methoxy groups -OCH3 is 1. The Balaban J connectivity index is 1.60. The van der Waals surface area contributed by atoms with Crippen LogP contribution in [0, 0.1) is 5.82 Å². The number of nitrogens with zero attached hydrogens (tertiary/aromatic N) is 2. The third kappa shape index (κ3) is 4.32. The van der Waals surface area contributed by atoms with Crippen molar-refractivity contribution in [3.05, 3.63) is 71.4 Å². The molecule has 3 aromatic rings. The molecule has 0 bridgehead atoms. The van der Waals surface area contributed by atoms with Gasteiger partial charge in [0.15, 0.2) is 0 Å². The third-order valence-electron chi connectivity index (χ3n) is 3.19. The monoisotopic (exact) mass is 330 g/mol. The molecule has 4 nitrogen and oxygen atoms in total. The molecule has 0 spiro atoms. The highest BCUT2D eigenvalue weighted by atomic mass is 32.2. The number of thioether (sulfide) groups is 1. The van der Waals surface area contributed by atoms with Gasteiger partial charge in [0.25, 0.3) is 5.22 Å². The lowest BCUT2D eigenvalue weighted by Gasteiger charge is -2.02. The van der Waals surface area contributed by atoms with E-state index in [9.17, 15) is 4.39 Å². The third-order valence-corrected chi connectivity index (χ3v) is 4.08. The van der Waals surface area contributed by atoms with Gasteiger partial charge in [0.1, 0.15) is 11.6 Å². The molecule has 0 saturated heterocycles. The second kappa shape index (κ2) is 7.28. The predicted octanol–water partition coefficient (Wildman–Crippen LogP) is 4.10. The Morgan fingerprint density at radius 1 is 1.09 bits per heavy atom. The van der Waals surface area contributed by atoms with E-state index in [1.165, 1.54) is 23.9 Å². The Bertz CT molecular complexity index is 792. The first-order valence-electron chi connectivity index (χ1n) is 7.05. The summed E-state index contributed by atoms with van der Waals surface area (Å²) < 4.78 is 24.0. The van der Waals surface area contributed by atoms with Crippen LogP contribution in [0.3, 0.4) is 0 Å². The molecule has 2 aromatic carbocycles. The van der Waals surface area contributed by atoms with E-state index in [0.29, 0.717) is 23.3 Å². The van der Waals surface area contributed by atoms with Crippen molar-refractivity contribution in [1.82, 2.24) is 10.2 Å². The van der Waals surface area contributed by atoms with E-state index in [0.717, 1.165) is 16.9 Å². The van der Waals surface area contributed by atoms with E-state index in [1.54, 1.807) is 13.2 Å². The Labute approximate surface area is 137 Å². The lowest BCUT2D eigenvalue weighted by atomic mass is 10.1. The number of ether oxygens (including phenoxy) is 1. The van der Waals surface area contributed by atoms with Gasteiger partial charge in [-0.15, -0.1) is 10.2 Å². The smallest absolute Gasteiger partial charge is 0.276 e. The second-order valence-electron chi connectivity index (χ2n) is 4.91. The van der Waals surface area contributed by atoms with Crippen LogP contribution < -0.4 is 4.74 Å². The zero-order valence-electron chi connectivity index (χ0n) is 12.5. The van der Waals surface area contributed by atoms with Gasteiger partial charge in [0.2, 0.25) is 5.89 Å². The molecule has 6 heteroatoms. The minimum Gasteiger partial charge on any atom is -0.497 e. The van der Waals surface area contributed by atoms with Gasteiger partial charge in [0.05, 0.1) is 13.5 Å². The molecule has 1 aromatic heterocycles. The molecule has 0 amide bonds. The molecule has 118 valence electrons. The average Bonchev–Trinajstić information content (AvgIpc) is 3.00. The normalized spacial score (nSPS) is 10.7. The van der Waals surface area contributed by atoms with E-state index < -0.39 is 0 Å². The van der Waals surface area contributed by atoms with Gasteiger partial charge >= 0.3 is 0 Å². The molecule has 23 heavy (non-hydrogen) atoms. The van der Waals surface area contributed by atoms with Crippen LogP contribution in [0.2, 0.25) is 0 Å². The number of benzene rings is 2. The standard InChI is InChI=1S/C17H15FN2O2S/c1-21-15-7-3-5-13(9-15)11-23-17-20-19-16(22-17)10-12-4-2-6-14(18)8-12/h2-9H,10-11H2,1H3. The van der Waals surface area contributed by atoms with Crippen molar-refractivity contribution in [3.8, 4) is 5.75 Å². The molecule has 1 heterocycles. The van der Waals surface area contributed by atoms with Crippen LogP contribution in [0.25, 0.3) is 0 Å². The predicted molar refractivity (Wildman–Crippen MR) is 86.1 cm³/mol. The minimum absolute atomic E-state index is 0.269. The van der Waals surface area contributed by atoms with E-state index in [2.05, 4.69) is 10.2 Å². The van der Waals surface area contributed by atoms with Crippen molar-refractivity contribution < 1.29 is 13.5 Å². The van der Waals surface area contributed by atoms with Crippen molar-refractivity contribution in [2.45, 2.75) is 17.4 Å². The maximum Gasteiger partial charge on any atom is 0.276 e. The van der Waals surface area contributed by atoms with Gasteiger partial charge in [-0.25, -0.2) is 4.39 Å². The molecule has 3 rings (SSSR count). The first kappa shape index (κ1) is 15.6. The molecule has 0 saturated carbocycles. The first-order chi connectivity index (χ1) is 11.2. The van der Waals surface area contributed by atoms with Gasteiger partial charge in [-0.2, -0.15) is 0 Å². The van der Waals surface area contributed by atoms with Crippen molar-refractivity contribution in [3.63, 3.8) is 0 Å². The molecule has 0 atom stereocenters. The lowest BCUT2D eigenvalue weighted by Crippen LogP contribution is -1.89. The summed E-state index contributed by atoms with van der Waals surface area (Å²) in [7, 11) is 1.64. The fourth-order valence-corrected chi connectivity index (χ4v) is 2.82. The summed E-state index contributed by atoms with van der Waals surface area (Å²) in [6.45, 7) is 0. The van der Waals surface area contributed by atoms with Gasteiger partial charge in [-0.3, -0.25) is 0 Å². The molecule has 0 aliphatic heterocycles. The highest BCUT2D eigenvalue weighted by Gasteiger charge is 2.08. The summed E-state index contributed by atoms with van der Waals surface area (Å²) in [4.78, 5) is 0. The van der Waals surface area contributed by atoms with Gasteiger partial charge in [0, 0.05) is 5.75 Å². The van der Waals surface area contributed by atoms with Crippen LogP contribution in [0.15, 0.2) is 58.2 Å². The summed E-state index contributed by atoms with van der Waals surface area (Å²) in [5.41, 5.74) is 1.91. The highest BCUT2D eigenvalue weighted by Crippen LogP contribution is 2.24. The van der Waals surface area contributed by atoms with Crippen LogP contribution >= 0.6 is 11.8 Å². The van der Waals surface area contributed by atoms with Crippen LogP contribution in [0.1, 0.15) is 17.0 Å². The topological polar surface area (TPSA) is 48.2 Å². The Morgan fingerprint density at radius 3 is 2.74 bits per heavy atom. The number of halogens is 1. The highest BCUT2D eigenvalue weighted by molar-refractivity contribution is 7.98. The summed E-state index contributed by atoms with van der Waals surface area (Å²) in [6, 6.07) is 14.2. The SMILES string of the molecule is COc1cccc(CSc2nnc(Cc3cccc(F)c3)o2)c1. The fraction of sp³-hybridized carbons (Fsp3) is 0.176. The number of aromatic nitrogens is 2. The van der Waals surface area contributed by atoms with Crippen molar-refractivity contribution >= 4 is 11.8 Å². The van der Waals surface area contributed by atoms with Gasteiger partial charge in [-0.1, -0.05) is 36.0 Å². The number of hydrogen-bond donors (Lipinski definition) is 0. The van der Waals surface area contributed by atoms with Crippen molar-refractivity contribution in [2.24, 2.45) is 0 Å². The number of hydrogen-bond acceptors (Lipinski definition) is 5. The van der Waals surface area contributed by atoms with Crippen LogP contribution in [0.5, 0.6) is 5.75 Å². The quantitative estimate of drug-likeness (QED) is 0.637. The maximum absolute atomic E-state index is 13.2. The Morgan fingerprint density at radius 2 is 1.91 bits per heavy atom. The zero-order chi connectivity index (χ0) is 16.1. The summed E-state index contributed by atoms with van der Waals surface area (Å²) >= 11 is 1.46.